The molecule has 1 heterocycles. The molecule has 0 bridgehead atoms. The number of amides is 4. The molecule has 3 rings (SSSR count). The highest BCUT2D eigenvalue weighted by Crippen LogP contribution is 2.08. The monoisotopic (exact) mass is 566 g/mol. The summed E-state index contributed by atoms with van der Waals surface area (Å²) in [7, 11) is 0. The van der Waals surface area contributed by atoms with Crippen LogP contribution in [-0.2, 0) is 32.1 Å². The van der Waals surface area contributed by atoms with Crippen LogP contribution < -0.4 is 16.0 Å². The number of nitrogens with zero attached hydrogens (tertiary/aromatic N) is 1. The Bertz CT molecular complexity index is 1140. The van der Waals surface area contributed by atoms with Gasteiger partial charge in [0.2, 0.25) is 5.91 Å². The van der Waals surface area contributed by atoms with Gasteiger partial charge in [-0.05, 0) is 30.4 Å². The highest BCUT2D eigenvalue weighted by Gasteiger charge is 2.26. The molecule has 0 radical (unpaired) electrons. The standard InChI is InChI=1S/C30H38N4O7/c35-27(36)15-14-25(13-7-8-16-31-30(39)41-22-24-11-5-2-6-12-24)32-28(37)26(21-23-9-3-1-4-10-23)33-29(38)34-17-19-40-20-18-34/h1-6,9-12,14-15,25-26H,7-8,13,16-22H2,(H,31,39)(H,32,37)(H,33,38)(H,35,36)/t25?,26-/m0/s1. The van der Waals surface area contributed by atoms with Crippen LogP contribution in [0.1, 0.15) is 30.4 Å². The fourth-order valence-electron chi connectivity index (χ4n) is 4.22. The van der Waals surface area contributed by atoms with Gasteiger partial charge < -0.3 is 35.4 Å². The Hall–Kier alpha value is -4.38. The van der Waals surface area contributed by atoms with Crippen LogP contribution >= 0.6 is 0 Å². The maximum atomic E-state index is 13.4. The molecule has 1 saturated heterocycles. The number of hydrogen-bond donors (Lipinski definition) is 4. The molecular weight excluding hydrogens is 528 g/mol. The van der Waals surface area contributed by atoms with E-state index in [1.807, 2.05) is 60.7 Å². The molecular formula is C30H38N4O7. The Morgan fingerprint density at radius 1 is 0.927 bits per heavy atom. The molecule has 4 N–H and O–H groups in total. The van der Waals surface area contributed by atoms with Crippen molar-refractivity contribution in [1.29, 1.82) is 0 Å². The van der Waals surface area contributed by atoms with Crippen molar-refractivity contribution >= 4 is 24.0 Å². The van der Waals surface area contributed by atoms with Crippen molar-refractivity contribution in [1.82, 2.24) is 20.9 Å². The predicted octanol–water partition coefficient (Wildman–Crippen LogP) is 2.86. The molecule has 0 spiro atoms. The minimum Gasteiger partial charge on any atom is -0.478 e. The number of carboxylic acid groups (broad SMARTS) is 1. The average Bonchev–Trinajstić information content (AvgIpc) is 2.99. The van der Waals surface area contributed by atoms with E-state index in [2.05, 4.69) is 16.0 Å². The number of urea groups is 1. The Morgan fingerprint density at radius 3 is 2.24 bits per heavy atom. The Morgan fingerprint density at radius 2 is 1.59 bits per heavy atom. The third-order valence-electron chi connectivity index (χ3n) is 6.42. The van der Waals surface area contributed by atoms with Gasteiger partial charge >= 0.3 is 18.1 Å². The van der Waals surface area contributed by atoms with Crippen molar-refractivity contribution in [3.8, 4) is 0 Å². The van der Waals surface area contributed by atoms with Gasteiger partial charge in [-0.15, -0.1) is 0 Å². The lowest BCUT2D eigenvalue weighted by molar-refractivity contribution is -0.131. The van der Waals surface area contributed by atoms with E-state index < -0.39 is 30.1 Å². The second-order valence-corrected chi connectivity index (χ2v) is 9.59. The first-order valence-corrected chi connectivity index (χ1v) is 13.7. The molecule has 1 aliphatic heterocycles. The van der Waals surface area contributed by atoms with Gasteiger partial charge in [-0.1, -0.05) is 66.7 Å². The van der Waals surface area contributed by atoms with Crippen LogP contribution in [0.25, 0.3) is 0 Å². The molecule has 1 unspecified atom stereocenters. The quantitative estimate of drug-likeness (QED) is 0.203. The summed E-state index contributed by atoms with van der Waals surface area (Å²) in [6, 6.07) is 16.9. The molecule has 1 fully saturated rings. The van der Waals surface area contributed by atoms with Gasteiger partial charge in [0.05, 0.1) is 13.2 Å². The third-order valence-corrected chi connectivity index (χ3v) is 6.42. The number of morpholine rings is 1. The first-order valence-electron chi connectivity index (χ1n) is 13.7. The number of hydrogen-bond acceptors (Lipinski definition) is 6. The van der Waals surface area contributed by atoms with Crippen LogP contribution in [-0.4, -0.2) is 78.9 Å². The van der Waals surface area contributed by atoms with E-state index in [-0.39, 0.29) is 19.1 Å². The van der Waals surface area contributed by atoms with Crippen LogP contribution in [0.4, 0.5) is 9.59 Å². The number of rotatable bonds is 14. The normalized spacial score (nSPS) is 14.6. The molecule has 2 aromatic rings. The van der Waals surface area contributed by atoms with Crippen molar-refractivity contribution in [3.05, 3.63) is 83.9 Å². The first-order chi connectivity index (χ1) is 19.9. The van der Waals surface area contributed by atoms with Gasteiger partial charge in [0.25, 0.3) is 0 Å². The number of carbonyl (C=O) groups excluding carboxylic acids is 3. The van der Waals surface area contributed by atoms with Gasteiger partial charge in [0.1, 0.15) is 12.6 Å². The molecule has 2 aromatic carbocycles. The van der Waals surface area contributed by atoms with Crippen molar-refractivity contribution < 1.29 is 33.8 Å². The highest BCUT2D eigenvalue weighted by atomic mass is 16.5. The number of aliphatic carboxylic acids is 1. The Balaban J connectivity index is 1.52. The number of unbranched alkanes of at least 4 members (excludes halogenated alkanes) is 1. The van der Waals surface area contributed by atoms with Crippen molar-refractivity contribution in [2.24, 2.45) is 0 Å². The molecule has 0 aromatic heterocycles. The number of nitrogens with one attached hydrogen (secondary N) is 3. The van der Waals surface area contributed by atoms with Crippen LogP contribution in [0.15, 0.2) is 72.8 Å². The molecule has 11 heteroatoms. The second-order valence-electron chi connectivity index (χ2n) is 9.59. The van der Waals surface area contributed by atoms with Crippen molar-refractivity contribution in [2.75, 3.05) is 32.8 Å². The number of carboxylic acids is 1. The van der Waals surface area contributed by atoms with E-state index in [4.69, 9.17) is 14.6 Å². The zero-order valence-corrected chi connectivity index (χ0v) is 23.0. The molecule has 220 valence electrons. The number of carbonyl (C=O) groups is 4. The summed E-state index contributed by atoms with van der Waals surface area (Å²) in [4.78, 5) is 51.0. The van der Waals surface area contributed by atoms with Crippen LogP contribution in [0.5, 0.6) is 0 Å². The van der Waals surface area contributed by atoms with Crippen LogP contribution in [0.3, 0.4) is 0 Å². The fourth-order valence-corrected chi connectivity index (χ4v) is 4.22. The number of alkyl carbamates (subject to hydrolysis) is 1. The minimum absolute atomic E-state index is 0.174. The molecule has 11 nitrogen and oxygen atoms in total. The van der Waals surface area contributed by atoms with Crippen LogP contribution in [0.2, 0.25) is 0 Å². The van der Waals surface area contributed by atoms with Crippen LogP contribution in [0, 0.1) is 0 Å². The van der Waals surface area contributed by atoms with E-state index in [0.29, 0.717) is 52.1 Å². The number of ether oxygens (including phenoxy) is 2. The SMILES string of the molecule is O=C(O)C=CC(CCCCNC(=O)OCc1ccccc1)NC(=O)[C@H](Cc1ccccc1)NC(=O)N1CCOCC1. The predicted molar refractivity (Wildman–Crippen MR) is 152 cm³/mol. The largest absolute Gasteiger partial charge is 0.478 e. The highest BCUT2D eigenvalue weighted by molar-refractivity contribution is 5.88. The fraction of sp³-hybridized carbons (Fsp3) is 0.400. The van der Waals surface area contributed by atoms with E-state index in [9.17, 15) is 19.2 Å². The van der Waals surface area contributed by atoms with Gasteiger partial charge in [-0.2, -0.15) is 0 Å². The summed E-state index contributed by atoms with van der Waals surface area (Å²) in [5.41, 5.74) is 1.76. The topological polar surface area (TPSA) is 146 Å². The van der Waals surface area contributed by atoms with Crippen molar-refractivity contribution in [2.45, 2.75) is 44.4 Å². The van der Waals surface area contributed by atoms with E-state index in [1.54, 1.807) is 4.90 Å². The summed E-state index contributed by atoms with van der Waals surface area (Å²) in [6.07, 6.45) is 3.78. The summed E-state index contributed by atoms with van der Waals surface area (Å²) >= 11 is 0. The van der Waals surface area contributed by atoms with Crippen molar-refractivity contribution in [3.63, 3.8) is 0 Å². The van der Waals surface area contributed by atoms with E-state index in [1.165, 1.54) is 6.08 Å². The maximum absolute atomic E-state index is 13.4. The third kappa shape index (κ3) is 12.1. The zero-order chi connectivity index (χ0) is 29.3. The van der Waals surface area contributed by atoms with Gasteiger partial charge in [-0.25, -0.2) is 14.4 Å². The second kappa shape index (κ2) is 17.3. The lowest BCUT2D eigenvalue weighted by Crippen LogP contribution is -2.55. The lowest BCUT2D eigenvalue weighted by Gasteiger charge is -2.29. The Kier molecular flexibility index (Phi) is 13.2. The summed E-state index contributed by atoms with van der Waals surface area (Å²) < 4.78 is 10.5. The van der Waals surface area contributed by atoms with Gasteiger partial charge in [0, 0.05) is 38.2 Å². The smallest absolute Gasteiger partial charge is 0.407 e. The lowest BCUT2D eigenvalue weighted by atomic mass is 10.0. The molecule has 0 aliphatic carbocycles. The molecule has 2 atom stereocenters. The molecule has 4 amide bonds. The summed E-state index contributed by atoms with van der Waals surface area (Å²) in [5, 5.41) is 17.5. The summed E-state index contributed by atoms with van der Waals surface area (Å²) in [6.45, 7) is 2.28. The molecule has 41 heavy (non-hydrogen) atoms. The molecule has 1 aliphatic rings. The van der Waals surface area contributed by atoms with E-state index in [0.717, 1.165) is 17.2 Å². The van der Waals surface area contributed by atoms with E-state index >= 15 is 0 Å². The summed E-state index contributed by atoms with van der Waals surface area (Å²) in [5.74, 6) is -1.55. The maximum Gasteiger partial charge on any atom is 0.407 e. The molecule has 0 saturated carbocycles. The Labute approximate surface area is 239 Å². The minimum atomic E-state index is -1.13. The number of benzene rings is 2. The van der Waals surface area contributed by atoms with Gasteiger partial charge in [0.15, 0.2) is 0 Å². The van der Waals surface area contributed by atoms with Gasteiger partial charge in [-0.3, -0.25) is 4.79 Å². The average molecular weight is 567 g/mol. The zero-order valence-electron chi connectivity index (χ0n) is 23.0. The first kappa shape index (κ1) is 31.2.